The SMILES string of the molecule is OC1CCCN(Cc2cc(F)ccc2Cl)CC1. The molecule has 0 aliphatic carbocycles. The largest absolute Gasteiger partial charge is 0.393 e. The first kappa shape index (κ1) is 12.8. The van der Waals surface area contributed by atoms with Gasteiger partial charge in [0.1, 0.15) is 5.82 Å². The standard InChI is InChI=1S/C13H17ClFNO/c14-13-4-3-11(15)8-10(13)9-16-6-1-2-12(17)5-7-16/h3-4,8,12,17H,1-2,5-7,9H2. The van der Waals surface area contributed by atoms with Gasteiger partial charge >= 0.3 is 0 Å². The van der Waals surface area contributed by atoms with E-state index in [1.165, 1.54) is 12.1 Å². The maximum atomic E-state index is 13.1. The Balaban J connectivity index is 2.02. The van der Waals surface area contributed by atoms with E-state index in [1.54, 1.807) is 6.07 Å². The Kier molecular flexibility index (Phi) is 4.37. The monoisotopic (exact) mass is 257 g/mol. The van der Waals surface area contributed by atoms with Crippen LogP contribution < -0.4 is 0 Å². The zero-order chi connectivity index (χ0) is 12.3. The van der Waals surface area contributed by atoms with Crippen molar-refractivity contribution in [3.63, 3.8) is 0 Å². The van der Waals surface area contributed by atoms with Crippen molar-refractivity contribution in [1.29, 1.82) is 0 Å². The zero-order valence-corrected chi connectivity index (χ0v) is 10.5. The van der Waals surface area contributed by atoms with Crippen molar-refractivity contribution in [1.82, 2.24) is 4.90 Å². The maximum absolute atomic E-state index is 13.1. The molecular formula is C13H17ClFNO. The van der Waals surface area contributed by atoms with Gasteiger partial charge in [-0.25, -0.2) is 4.39 Å². The summed E-state index contributed by atoms with van der Waals surface area (Å²) in [5, 5.41) is 10.2. The van der Waals surface area contributed by atoms with E-state index >= 15 is 0 Å². The molecule has 2 rings (SSSR count). The smallest absolute Gasteiger partial charge is 0.123 e. The maximum Gasteiger partial charge on any atom is 0.123 e. The van der Waals surface area contributed by atoms with Gasteiger partial charge in [-0.3, -0.25) is 4.90 Å². The molecule has 1 aromatic rings. The first-order valence-electron chi connectivity index (χ1n) is 5.99. The molecule has 0 aromatic heterocycles. The minimum Gasteiger partial charge on any atom is -0.393 e. The Hall–Kier alpha value is -0.640. The van der Waals surface area contributed by atoms with Gasteiger partial charge in [0.15, 0.2) is 0 Å². The van der Waals surface area contributed by atoms with Gasteiger partial charge in [0.25, 0.3) is 0 Å². The molecule has 0 spiro atoms. The number of aliphatic hydroxyl groups is 1. The van der Waals surface area contributed by atoms with Gasteiger partial charge in [0, 0.05) is 18.1 Å². The zero-order valence-electron chi connectivity index (χ0n) is 9.70. The summed E-state index contributed by atoms with van der Waals surface area (Å²) >= 11 is 6.04. The van der Waals surface area contributed by atoms with Gasteiger partial charge in [-0.1, -0.05) is 11.6 Å². The topological polar surface area (TPSA) is 23.5 Å². The van der Waals surface area contributed by atoms with E-state index in [9.17, 15) is 9.50 Å². The van der Waals surface area contributed by atoms with Gasteiger partial charge in [-0.15, -0.1) is 0 Å². The number of likely N-dealkylation sites (tertiary alicyclic amines) is 1. The molecule has 1 atom stereocenters. The highest BCUT2D eigenvalue weighted by atomic mass is 35.5. The summed E-state index contributed by atoms with van der Waals surface area (Å²) in [5.41, 5.74) is 0.822. The van der Waals surface area contributed by atoms with Crippen LogP contribution in [0.4, 0.5) is 4.39 Å². The Morgan fingerprint density at radius 2 is 2.18 bits per heavy atom. The molecule has 2 nitrogen and oxygen atoms in total. The molecule has 0 bridgehead atoms. The van der Waals surface area contributed by atoms with Gasteiger partial charge in [0.2, 0.25) is 0 Å². The highest BCUT2D eigenvalue weighted by molar-refractivity contribution is 6.31. The van der Waals surface area contributed by atoms with Crippen LogP contribution in [0, 0.1) is 5.82 Å². The van der Waals surface area contributed by atoms with Crippen molar-refractivity contribution < 1.29 is 9.50 Å². The number of halogens is 2. The Bertz CT molecular complexity index is 386. The van der Waals surface area contributed by atoms with Crippen molar-refractivity contribution in [2.45, 2.75) is 31.9 Å². The number of hydrogen-bond donors (Lipinski definition) is 1. The molecule has 1 fully saturated rings. The normalized spacial score (nSPS) is 22.4. The first-order chi connectivity index (χ1) is 8.15. The lowest BCUT2D eigenvalue weighted by atomic mass is 10.2. The highest BCUT2D eigenvalue weighted by Crippen LogP contribution is 2.20. The summed E-state index contributed by atoms with van der Waals surface area (Å²) in [6, 6.07) is 4.46. The van der Waals surface area contributed by atoms with Crippen molar-refractivity contribution in [3.8, 4) is 0 Å². The summed E-state index contributed by atoms with van der Waals surface area (Å²) in [6.45, 7) is 2.43. The fourth-order valence-electron chi connectivity index (χ4n) is 2.20. The summed E-state index contributed by atoms with van der Waals surface area (Å²) in [4.78, 5) is 2.22. The van der Waals surface area contributed by atoms with E-state index in [1.807, 2.05) is 0 Å². The molecule has 1 aliphatic heterocycles. The van der Waals surface area contributed by atoms with E-state index in [0.717, 1.165) is 37.9 Å². The van der Waals surface area contributed by atoms with Crippen LogP contribution in [0.2, 0.25) is 5.02 Å². The van der Waals surface area contributed by atoms with Crippen LogP contribution in [0.25, 0.3) is 0 Å². The summed E-state index contributed by atoms with van der Waals surface area (Å²) in [6.07, 6.45) is 2.43. The van der Waals surface area contributed by atoms with E-state index in [0.29, 0.717) is 11.6 Å². The highest BCUT2D eigenvalue weighted by Gasteiger charge is 2.16. The molecule has 94 valence electrons. The number of benzene rings is 1. The molecule has 1 saturated heterocycles. The van der Waals surface area contributed by atoms with Crippen molar-refractivity contribution >= 4 is 11.6 Å². The van der Waals surface area contributed by atoms with Gasteiger partial charge in [0.05, 0.1) is 6.10 Å². The minimum absolute atomic E-state index is 0.192. The molecule has 1 aromatic carbocycles. The van der Waals surface area contributed by atoms with Crippen LogP contribution in [0.1, 0.15) is 24.8 Å². The molecule has 1 heterocycles. The van der Waals surface area contributed by atoms with E-state index in [-0.39, 0.29) is 11.9 Å². The second-order valence-corrected chi connectivity index (χ2v) is 5.00. The number of rotatable bonds is 2. The fraction of sp³-hybridized carbons (Fsp3) is 0.538. The predicted molar refractivity (Wildman–Crippen MR) is 66.5 cm³/mol. The quantitative estimate of drug-likeness (QED) is 0.881. The number of hydrogen-bond acceptors (Lipinski definition) is 2. The van der Waals surface area contributed by atoms with E-state index < -0.39 is 0 Å². The van der Waals surface area contributed by atoms with Crippen LogP contribution in [-0.4, -0.2) is 29.2 Å². The Morgan fingerprint density at radius 3 is 3.00 bits per heavy atom. The van der Waals surface area contributed by atoms with Crippen LogP contribution >= 0.6 is 11.6 Å². The average molecular weight is 258 g/mol. The molecule has 17 heavy (non-hydrogen) atoms. The van der Waals surface area contributed by atoms with Crippen LogP contribution in [0.5, 0.6) is 0 Å². The molecule has 0 radical (unpaired) electrons. The summed E-state index contributed by atoms with van der Waals surface area (Å²) in [7, 11) is 0. The molecule has 0 saturated carbocycles. The van der Waals surface area contributed by atoms with E-state index in [4.69, 9.17) is 11.6 Å². The number of aliphatic hydroxyl groups excluding tert-OH is 1. The summed E-state index contributed by atoms with van der Waals surface area (Å²) in [5.74, 6) is -0.251. The first-order valence-corrected chi connectivity index (χ1v) is 6.37. The average Bonchev–Trinajstić information content (AvgIpc) is 2.49. The minimum atomic E-state index is -0.251. The number of nitrogens with zero attached hydrogens (tertiary/aromatic N) is 1. The second-order valence-electron chi connectivity index (χ2n) is 4.60. The third kappa shape index (κ3) is 3.66. The lowest BCUT2D eigenvalue weighted by molar-refractivity contribution is 0.154. The van der Waals surface area contributed by atoms with Crippen LogP contribution in [-0.2, 0) is 6.54 Å². The summed E-state index contributed by atoms with van der Waals surface area (Å²) < 4.78 is 13.1. The lowest BCUT2D eigenvalue weighted by Gasteiger charge is -2.20. The lowest BCUT2D eigenvalue weighted by Crippen LogP contribution is -2.24. The van der Waals surface area contributed by atoms with Crippen molar-refractivity contribution in [3.05, 3.63) is 34.6 Å². The molecule has 4 heteroatoms. The molecule has 1 unspecified atom stereocenters. The molecule has 1 N–H and O–H groups in total. The second kappa shape index (κ2) is 5.80. The Morgan fingerprint density at radius 1 is 1.35 bits per heavy atom. The van der Waals surface area contributed by atoms with Crippen molar-refractivity contribution in [2.24, 2.45) is 0 Å². The van der Waals surface area contributed by atoms with E-state index in [2.05, 4.69) is 4.90 Å². The Labute approximate surface area is 106 Å². The van der Waals surface area contributed by atoms with Gasteiger partial charge in [-0.05, 0) is 49.6 Å². The fourth-order valence-corrected chi connectivity index (χ4v) is 2.38. The van der Waals surface area contributed by atoms with Gasteiger partial charge < -0.3 is 5.11 Å². The predicted octanol–water partition coefficient (Wildman–Crippen LogP) is 2.83. The molecular weight excluding hydrogens is 241 g/mol. The molecule has 0 amide bonds. The van der Waals surface area contributed by atoms with Crippen LogP contribution in [0.3, 0.4) is 0 Å². The van der Waals surface area contributed by atoms with Crippen LogP contribution in [0.15, 0.2) is 18.2 Å². The van der Waals surface area contributed by atoms with Gasteiger partial charge in [-0.2, -0.15) is 0 Å². The molecule has 1 aliphatic rings. The third-order valence-corrected chi connectivity index (χ3v) is 3.56. The third-order valence-electron chi connectivity index (χ3n) is 3.19. The van der Waals surface area contributed by atoms with Crippen molar-refractivity contribution in [2.75, 3.05) is 13.1 Å².